The van der Waals surface area contributed by atoms with E-state index in [9.17, 15) is 19.2 Å². The molecule has 0 unspecified atom stereocenters. The molecule has 1 aliphatic heterocycles. The highest BCUT2D eigenvalue weighted by Gasteiger charge is 2.33. The third-order valence-electron chi connectivity index (χ3n) is 5.38. The predicted molar refractivity (Wildman–Crippen MR) is 126 cm³/mol. The number of hydrogen-bond donors (Lipinski definition) is 2. The predicted octanol–water partition coefficient (Wildman–Crippen LogP) is 3.01. The zero-order valence-corrected chi connectivity index (χ0v) is 20.6. The summed E-state index contributed by atoms with van der Waals surface area (Å²) in [6, 6.07) is 0. The monoisotopic (exact) mass is 481 g/mol. The third kappa shape index (κ3) is 5.83. The molecule has 1 aliphatic carbocycles. The summed E-state index contributed by atoms with van der Waals surface area (Å²) in [6.07, 6.45) is 2.52. The molecule has 3 rings (SSSR count). The van der Waals surface area contributed by atoms with Gasteiger partial charge in [-0.25, -0.2) is 4.79 Å². The molecule has 1 aromatic rings. The second kappa shape index (κ2) is 10.7. The van der Waals surface area contributed by atoms with Gasteiger partial charge in [-0.3, -0.25) is 14.4 Å². The van der Waals surface area contributed by atoms with Crippen molar-refractivity contribution in [2.24, 2.45) is 11.8 Å². The summed E-state index contributed by atoms with van der Waals surface area (Å²) in [5.74, 6) is -0.455. The van der Waals surface area contributed by atoms with Gasteiger partial charge in [-0.15, -0.1) is 23.1 Å². The van der Waals surface area contributed by atoms with Gasteiger partial charge in [-0.1, -0.05) is 20.8 Å². The highest BCUT2D eigenvalue weighted by molar-refractivity contribution is 8.00. The first-order chi connectivity index (χ1) is 15.2. The maximum absolute atomic E-state index is 12.8. The van der Waals surface area contributed by atoms with Crippen LogP contribution in [0.5, 0.6) is 0 Å². The van der Waals surface area contributed by atoms with Crippen LogP contribution in [-0.2, 0) is 32.0 Å². The molecule has 3 amide bonds. The Hall–Kier alpha value is -2.07. The van der Waals surface area contributed by atoms with Crippen LogP contribution in [0.2, 0.25) is 0 Å². The second-order valence-electron chi connectivity index (χ2n) is 8.67. The number of rotatable bonds is 8. The maximum atomic E-state index is 12.8. The van der Waals surface area contributed by atoms with Crippen LogP contribution in [-0.4, -0.2) is 53.0 Å². The Morgan fingerprint density at radius 3 is 2.78 bits per heavy atom. The fraction of sp³-hybridized carbons (Fsp3) is 0.636. The van der Waals surface area contributed by atoms with Gasteiger partial charge in [0.1, 0.15) is 11.4 Å². The molecule has 1 aromatic heterocycles. The van der Waals surface area contributed by atoms with Crippen molar-refractivity contribution in [3.05, 3.63) is 16.0 Å². The van der Waals surface area contributed by atoms with Gasteiger partial charge in [0.05, 0.1) is 17.9 Å². The molecule has 2 heterocycles. The molecule has 0 bridgehead atoms. The zero-order chi connectivity index (χ0) is 23.4. The number of fused-ring (bicyclic) bond motifs is 1. The van der Waals surface area contributed by atoms with Gasteiger partial charge in [0, 0.05) is 11.4 Å². The number of thiophene rings is 1. The summed E-state index contributed by atoms with van der Waals surface area (Å²) >= 11 is 2.63. The number of carbonyl (C=O) groups excluding carboxylic acids is 4. The molecule has 10 heteroatoms. The van der Waals surface area contributed by atoms with E-state index in [0.717, 1.165) is 29.7 Å². The van der Waals surface area contributed by atoms with E-state index in [4.69, 9.17) is 4.74 Å². The number of anilines is 1. The average Bonchev–Trinajstić information content (AvgIpc) is 3.05. The largest absolute Gasteiger partial charge is 0.462 e. The summed E-state index contributed by atoms with van der Waals surface area (Å²) in [4.78, 5) is 52.3. The Kier molecular flexibility index (Phi) is 8.21. The lowest BCUT2D eigenvalue weighted by Gasteiger charge is -2.36. The van der Waals surface area contributed by atoms with Crippen molar-refractivity contribution < 1.29 is 23.9 Å². The van der Waals surface area contributed by atoms with E-state index in [1.807, 2.05) is 13.8 Å². The van der Waals surface area contributed by atoms with Crippen LogP contribution in [0.3, 0.4) is 0 Å². The molecule has 0 saturated carbocycles. The molecule has 1 saturated heterocycles. The van der Waals surface area contributed by atoms with Crippen LogP contribution in [0.25, 0.3) is 0 Å². The third-order valence-corrected chi connectivity index (χ3v) is 7.66. The average molecular weight is 482 g/mol. The Morgan fingerprint density at radius 1 is 1.34 bits per heavy atom. The molecule has 8 nitrogen and oxygen atoms in total. The van der Waals surface area contributed by atoms with E-state index < -0.39 is 11.5 Å². The lowest BCUT2D eigenvalue weighted by atomic mass is 9.88. The summed E-state index contributed by atoms with van der Waals surface area (Å²) in [5.41, 5.74) is 0.876. The van der Waals surface area contributed by atoms with Crippen LogP contribution in [0.4, 0.5) is 5.00 Å². The van der Waals surface area contributed by atoms with Gasteiger partial charge in [0.15, 0.2) is 5.50 Å². The Labute approximate surface area is 196 Å². The standard InChI is InChI=1S/C22H31N3O5S2/c1-5-30-21(29)19-14-7-6-13(4)8-15(14)32-20(19)23-17(27)11-31-22-24-16(26)9-18(28)25(22)10-12(2)3/h12-13,22H,5-11H2,1-4H3,(H,23,27)(H,24,26)/t13-,22+/m1/s1. The van der Waals surface area contributed by atoms with Crippen LogP contribution >= 0.6 is 23.1 Å². The minimum Gasteiger partial charge on any atom is -0.462 e. The zero-order valence-electron chi connectivity index (χ0n) is 19.0. The summed E-state index contributed by atoms with van der Waals surface area (Å²) < 4.78 is 5.25. The molecule has 0 aromatic carbocycles. The molecule has 0 radical (unpaired) electrons. The maximum Gasteiger partial charge on any atom is 0.341 e. The lowest BCUT2D eigenvalue weighted by Crippen LogP contribution is -2.56. The first-order valence-corrected chi connectivity index (χ1v) is 12.9. The van der Waals surface area contributed by atoms with Gasteiger partial charge in [0.2, 0.25) is 17.7 Å². The van der Waals surface area contributed by atoms with Crippen molar-refractivity contribution in [2.45, 2.75) is 58.9 Å². The number of thioether (sulfide) groups is 1. The summed E-state index contributed by atoms with van der Waals surface area (Å²) in [6.45, 7) is 8.70. The number of esters is 1. The van der Waals surface area contributed by atoms with Gasteiger partial charge in [-0.05, 0) is 43.6 Å². The number of amides is 3. The molecule has 0 spiro atoms. The minimum absolute atomic E-state index is 0.0358. The van der Waals surface area contributed by atoms with E-state index in [1.165, 1.54) is 23.1 Å². The number of nitrogens with one attached hydrogen (secondary N) is 2. The van der Waals surface area contributed by atoms with Gasteiger partial charge >= 0.3 is 5.97 Å². The summed E-state index contributed by atoms with van der Waals surface area (Å²) in [5, 5.41) is 6.20. The lowest BCUT2D eigenvalue weighted by molar-refractivity contribution is -0.142. The van der Waals surface area contributed by atoms with Gasteiger partial charge in [0.25, 0.3) is 0 Å². The van der Waals surface area contributed by atoms with Crippen molar-refractivity contribution in [1.29, 1.82) is 0 Å². The van der Waals surface area contributed by atoms with E-state index in [2.05, 4.69) is 17.6 Å². The molecule has 2 N–H and O–H groups in total. The topological polar surface area (TPSA) is 105 Å². The number of ether oxygens (including phenoxy) is 1. The molecular formula is C22H31N3O5S2. The first-order valence-electron chi connectivity index (χ1n) is 11.0. The number of carbonyl (C=O) groups is 4. The molecule has 2 aliphatic rings. The van der Waals surface area contributed by atoms with Crippen molar-refractivity contribution in [3.63, 3.8) is 0 Å². The van der Waals surface area contributed by atoms with Gasteiger partial charge < -0.3 is 20.3 Å². The molecular weight excluding hydrogens is 450 g/mol. The van der Waals surface area contributed by atoms with Crippen molar-refractivity contribution in [3.8, 4) is 0 Å². The Bertz CT molecular complexity index is 898. The van der Waals surface area contributed by atoms with Crippen molar-refractivity contribution in [2.75, 3.05) is 24.2 Å². The SMILES string of the molecule is CCOC(=O)c1c(NC(=O)CS[C@H]2NC(=O)CC(=O)N2CC(C)C)sc2c1CC[C@@H](C)C2. The Balaban J connectivity index is 1.71. The second-order valence-corrected chi connectivity index (χ2v) is 10.8. The molecule has 2 atom stereocenters. The highest BCUT2D eigenvalue weighted by atomic mass is 32.2. The number of nitrogens with zero attached hydrogens (tertiary/aromatic N) is 1. The smallest absolute Gasteiger partial charge is 0.341 e. The van der Waals surface area contributed by atoms with Crippen LogP contribution < -0.4 is 10.6 Å². The molecule has 176 valence electrons. The number of hydrogen-bond acceptors (Lipinski definition) is 7. The van der Waals surface area contributed by atoms with Gasteiger partial charge in [-0.2, -0.15) is 0 Å². The Morgan fingerprint density at radius 2 is 2.09 bits per heavy atom. The van der Waals surface area contributed by atoms with Crippen molar-refractivity contribution >= 4 is 51.8 Å². The fourth-order valence-electron chi connectivity index (χ4n) is 3.93. The van der Waals surface area contributed by atoms with Crippen LogP contribution in [0.15, 0.2) is 0 Å². The van der Waals surface area contributed by atoms with Crippen LogP contribution in [0, 0.1) is 11.8 Å². The van der Waals surface area contributed by atoms with E-state index >= 15 is 0 Å². The summed E-state index contributed by atoms with van der Waals surface area (Å²) in [7, 11) is 0. The normalized spacial score (nSPS) is 20.7. The van der Waals surface area contributed by atoms with Crippen molar-refractivity contribution in [1.82, 2.24) is 10.2 Å². The highest BCUT2D eigenvalue weighted by Crippen LogP contribution is 2.40. The van der Waals surface area contributed by atoms with E-state index in [1.54, 1.807) is 11.8 Å². The van der Waals surface area contributed by atoms with E-state index in [-0.39, 0.29) is 42.4 Å². The fourth-order valence-corrected chi connectivity index (χ4v) is 6.33. The molecule has 1 fully saturated rings. The minimum atomic E-state index is -0.584. The molecule has 32 heavy (non-hydrogen) atoms. The van der Waals surface area contributed by atoms with E-state index in [0.29, 0.717) is 23.0 Å². The first kappa shape index (κ1) is 24.6. The van der Waals surface area contributed by atoms with Crippen LogP contribution in [0.1, 0.15) is 61.3 Å². The quantitative estimate of drug-likeness (QED) is 0.437.